The fraction of sp³-hybridized carbons (Fsp3) is 0.250. The van der Waals surface area contributed by atoms with Gasteiger partial charge in [0.2, 0.25) is 5.91 Å². The zero-order chi connectivity index (χ0) is 22.0. The predicted octanol–water partition coefficient (Wildman–Crippen LogP) is -1.14. The maximum Gasteiger partial charge on any atom is 0.352 e. The number of carbonyl (C=O) groups is 4. The number of thiazole rings is 1. The Morgan fingerprint density at radius 1 is 1.47 bits per heavy atom. The van der Waals surface area contributed by atoms with E-state index in [9.17, 15) is 24.3 Å². The highest BCUT2D eigenvalue weighted by atomic mass is 32.2. The van der Waals surface area contributed by atoms with E-state index in [1.54, 1.807) is 0 Å². The number of carboxylic acids is 1. The van der Waals surface area contributed by atoms with Gasteiger partial charge in [-0.1, -0.05) is 11.2 Å². The highest BCUT2D eigenvalue weighted by molar-refractivity contribution is 8.00. The van der Waals surface area contributed by atoms with Gasteiger partial charge in [0.1, 0.15) is 29.9 Å². The maximum atomic E-state index is 12.7. The number of anilines is 1. The van der Waals surface area contributed by atoms with Crippen LogP contribution in [0.1, 0.15) is 5.69 Å². The van der Waals surface area contributed by atoms with Gasteiger partial charge in [0.25, 0.3) is 11.8 Å². The van der Waals surface area contributed by atoms with Gasteiger partial charge in [0.15, 0.2) is 10.8 Å². The molecule has 3 amide bonds. The number of nitrogens with two attached hydrogens (primary N) is 2. The summed E-state index contributed by atoms with van der Waals surface area (Å²) in [6.45, 7) is 0. The number of thioether (sulfide) groups is 1. The third-order valence-electron chi connectivity index (χ3n) is 4.10. The van der Waals surface area contributed by atoms with E-state index in [-0.39, 0.29) is 33.6 Å². The molecule has 1 saturated heterocycles. The van der Waals surface area contributed by atoms with Crippen LogP contribution in [-0.4, -0.2) is 68.7 Å². The van der Waals surface area contributed by atoms with Crippen LogP contribution in [0, 0.1) is 0 Å². The molecular formula is C16H16N6O6S2. The van der Waals surface area contributed by atoms with Crippen LogP contribution in [0.4, 0.5) is 5.13 Å². The molecule has 0 radical (unpaired) electrons. The van der Waals surface area contributed by atoms with Gasteiger partial charge in [-0.2, -0.15) is 0 Å². The molecule has 2 aliphatic rings. The summed E-state index contributed by atoms with van der Waals surface area (Å²) >= 11 is 2.34. The van der Waals surface area contributed by atoms with E-state index in [4.69, 9.17) is 11.5 Å². The molecule has 1 fully saturated rings. The Morgan fingerprint density at radius 3 is 2.77 bits per heavy atom. The normalized spacial score (nSPS) is 21.3. The lowest BCUT2D eigenvalue weighted by atomic mass is 10.0. The molecule has 3 heterocycles. The van der Waals surface area contributed by atoms with E-state index in [0.717, 1.165) is 22.3 Å². The molecule has 6 N–H and O–H groups in total. The number of nitrogens with zero attached hydrogens (tertiary/aromatic N) is 3. The molecule has 1 aromatic rings. The van der Waals surface area contributed by atoms with Crippen molar-refractivity contribution in [2.24, 2.45) is 10.9 Å². The second-order valence-corrected chi connectivity index (χ2v) is 7.96. The van der Waals surface area contributed by atoms with Crippen LogP contribution in [0.5, 0.6) is 0 Å². The van der Waals surface area contributed by atoms with Crippen molar-refractivity contribution in [1.29, 1.82) is 0 Å². The van der Waals surface area contributed by atoms with Crippen LogP contribution < -0.4 is 16.8 Å². The maximum absolute atomic E-state index is 12.7. The second kappa shape index (κ2) is 8.54. The molecule has 0 bridgehead atoms. The van der Waals surface area contributed by atoms with E-state index in [1.165, 1.54) is 30.3 Å². The Balaban J connectivity index is 1.81. The van der Waals surface area contributed by atoms with Gasteiger partial charge >= 0.3 is 5.97 Å². The number of fused-ring (bicyclic) bond motifs is 1. The number of allylic oxidation sites excluding steroid dienone is 1. The van der Waals surface area contributed by atoms with Gasteiger partial charge in [0, 0.05) is 17.2 Å². The lowest BCUT2D eigenvalue weighted by molar-refractivity contribution is -0.150. The van der Waals surface area contributed by atoms with Crippen molar-refractivity contribution in [3.63, 3.8) is 0 Å². The van der Waals surface area contributed by atoms with Gasteiger partial charge in [0.05, 0.1) is 0 Å². The number of hydrogen-bond donors (Lipinski definition) is 4. The number of nitrogen functional groups attached to an aromatic ring is 1. The molecule has 0 saturated carbocycles. The first-order valence-electron chi connectivity index (χ1n) is 8.26. The molecular weight excluding hydrogens is 436 g/mol. The van der Waals surface area contributed by atoms with Crippen LogP contribution >= 0.6 is 23.1 Å². The molecule has 30 heavy (non-hydrogen) atoms. The van der Waals surface area contributed by atoms with Crippen LogP contribution in [0.3, 0.4) is 0 Å². The smallest absolute Gasteiger partial charge is 0.352 e. The number of β-lactam (4-membered cyclic amide) rings is 1. The topological polar surface area (TPSA) is 190 Å². The molecule has 2 aliphatic heterocycles. The van der Waals surface area contributed by atoms with Crippen molar-refractivity contribution >= 4 is 57.6 Å². The Labute approximate surface area is 177 Å². The summed E-state index contributed by atoms with van der Waals surface area (Å²) in [6.07, 6.45) is 2.29. The molecule has 0 spiro atoms. The number of nitrogens with one attached hydrogen (secondary N) is 1. The standard InChI is InChI=1S/C16H16N6O6S2/c1-28-21-9(7-5-30-16(18)19-7)12(24)20-10-13(25)22-11(15(26)27)6(2-3-8(17)23)4-29-14(10)22/h2-3,5,10,14H,4H2,1H3,(H2,17,23)(H2,18,19)(H,20,24)(H,26,27)/b3-2+,21-9?/t10-,14-/m1/s1. The summed E-state index contributed by atoms with van der Waals surface area (Å²) < 4.78 is 0. The first-order chi connectivity index (χ1) is 14.2. The fourth-order valence-corrected chi connectivity index (χ4v) is 4.72. The summed E-state index contributed by atoms with van der Waals surface area (Å²) in [4.78, 5) is 57.7. The number of oxime groups is 1. The van der Waals surface area contributed by atoms with Gasteiger partial charge in [-0.3, -0.25) is 19.3 Å². The summed E-state index contributed by atoms with van der Waals surface area (Å²) in [5, 5.41) is 16.8. The lowest BCUT2D eigenvalue weighted by Crippen LogP contribution is -2.71. The first-order valence-corrected chi connectivity index (χ1v) is 10.2. The van der Waals surface area contributed by atoms with E-state index in [1.807, 2.05) is 0 Å². The number of carbonyl (C=O) groups excluding carboxylic acids is 3. The average Bonchev–Trinajstić information content (AvgIpc) is 3.13. The number of amides is 3. The second-order valence-electron chi connectivity index (χ2n) is 5.97. The van der Waals surface area contributed by atoms with E-state index in [2.05, 4.69) is 20.3 Å². The Bertz CT molecular complexity index is 1020. The largest absolute Gasteiger partial charge is 0.477 e. The first kappa shape index (κ1) is 21.3. The molecule has 2 atom stereocenters. The number of hydrogen-bond acceptors (Lipinski definition) is 10. The third kappa shape index (κ3) is 3.99. The SMILES string of the molecule is CON=C(C(=O)N[C@@H]1C(=O)N2C(C(=O)O)=C(/C=C/C(N)=O)CS[C@H]12)c1csc(N)n1. The van der Waals surface area contributed by atoms with E-state index >= 15 is 0 Å². The highest BCUT2D eigenvalue weighted by Crippen LogP contribution is 2.40. The zero-order valence-corrected chi connectivity index (χ0v) is 17.0. The lowest BCUT2D eigenvalue weighted by Gasteiger charge is -2.49. The predicted molar refractivity (Wildman–Crippen MR) is 108 cm³/mol. The van der Waals surface area contributed by atoms with Gasteiger partial charge in [-0.25, -0.2) is 9.78 Å². The summed E-state index contributed by atoms with van der Waals surface area (Å²) in [6, 6.07) is -0.975. The van der Waals surface area contributed by atoms with E-state index < -0.39 is 35.1 Å². The Morgan fingerprint density at radius 2 is 2.20 bits per heavy atom. The summed E-state index contributed by atoms with van der Waals surface area (Å²) in [7, 11) is 1.25. The van der Waals surface area contributed by atoms with Crippen molar-refractivity contribution in [3.05, 3.63) is 34.5 Å². The van der Waals surface area contributed by atoms with Crippen molar-refractivity contribution in [1.82, 2.24) is 15.2 Å². The van der Waals surface area contributed by atoms with Crippen LogP contribution in [0.2, 0.25) is 0 Å². The minimum absolute atomic E-state index is 0.170. The molecule has 3 rings (SSSR count). The molecule has 14 heteroatoms. The third-order valence-corrected chi connectivity index (χ3v) is 6.07. The van der Waals surface area contributed by atoms with Crippen molar-refractivity contribution in [2.45, 2.75) is 11.4 Å². The molecule has 0 aromatic carbocycles. The molecule has 1 aromatic heterocycles. The molecule has 0 unspecified atom stereocenters. The number of carboxylic acid groups (broad SMARTS) is 1. The average molecular weight is 452 g/mol. The number of primary amides is 1. The Kier molecular flexibility index (Phi) is 6.07. The van der Waals surface area contributed by atoms with Crippen LogP contribution in [0.15, 0.2) is 34.0 Å². The van der Waals surface area contributed by atoms with Gasteiger partial charge < -0.3 is 26.7 Å². The molecule has 0 aliphatic carbocycles. The molecule has 158 valence electrons. The summed E-state index contributed by atoms with van der Waals surface area (Å²) in [5.41, 5.74) is 10.6. The zero-order valence-electron chi connectivity index (χ0n) is 15.4. The van der Waals surface area contributed by atoms with Crippen LogP contribution in [-0.2, 0) is 24.0 Å². The number of aromatic nitrogens is 1. The highest BCUT2D eigenvalue weighted by Gasteiger charge is 2.54. The minimum atomic E-state index is -1.33. The van der Waals surface area contributed by atoms with Crippen molar-refractivity contribution in [3.8, 4) is 0 Å². The van der Waals surface area contributed by atoms with Gasteiger partial charge in [-0.15, -0.1) is 23.1 Å². The monoisotopic (exact) mass is 452 g/mol. The Hall–Kier alpha value is -3.39. The summed E-state index contributed by atoms with van der Waals surface area (Å²) in [5.74, 6) is -3.21. The van der Waals surface area contributed by atoms with Crippen molar-refractivity contribution < 1.29 is 29.1 Å². The van der Waals surface area contributed by atoms with Gasteiger partial charge in [-0.05, 0) is 5.57 Å². The molecule has 12 nitrogen and oxygen atoms in total. The number of rotatable bonds is 7. The van der Waals surface area contributed by atoms with Crippen LogP contribution in [0.25, 0.3) is 0 Å². The van der Waals surface area contributed by atoms with Crippen molar-refractivity contribution in [2.75, 3.05) is 18.6 Å². The quantitative estimate of drug-likeness (QED) is 0.171. The fourth-order valence-electron chi connectivity index (χ4n) is 2.86. The van der Waals surface area contributed by atoms with E-state index in [0.29, 0.717) is 0 Å². The number of aliphatic carboxylic acids is 1. The minimum Gasteiger partial charge on any atom is -0.477 e.